The molecule has 1 aliphatic carbocycles. The molecule has 0 spiro atoms. The van der Waals surface area contributed by atoms with Crippen LogP contribution in [0, 0.1) is 11.8 Å². The first-order valence-corrected chi connectivity index (χ1v) is 7.56. The third kappa shape index (κ3) is 3.88. The Kier molecular flexibility index (Phi) is 5.35. The van der Waals surface area contributed by atoms with Crippen molar-refractivity contribution in [2.24, 2.45) is 11.8 Å². The van der Waals surface area contributed by atoms with Gasteiger partial charge in [-0.25, -0.2) is 0 Å². The lowest BCUT2D eigenvalue weighted by atomic mass is 9.82. The second-order valence-electron chi connectivity index (χ2n) is 5.48. The van der Waals surface area contributed by atoms with Crippen LogP contribution in [-0.2, 0) is 6.54 Å². The van der Waals surface area contributed by atoms with E-state index < -0.39 is 0 Å². The van der Waals surface area contributed by atoms with Crippen LogP contribution in [0.3, 0.4) is 0 Å². The van der Waals surface area contributed by atoms with Crippen LogP contribution in [-0.4, -0.2) is 6.54 Å². The minimum Gasteiger partial charge on any atom is -0.312 e. The summed E-state index contributed by atoms with van der Waals surface area (Å²) in [6.45, 7) is 4.26. The van der Waals surface area contributed by atoms with E-state index in [4.69, 9.17) is 23.2 Å². The summed E-state index contributed by atoms with van der Waals surface area (Å²) in [5.41, 5.74) is 1.09. The van der Waals surface area contributed by atoms with Crippen LogP contribution in [0.5, 0.6) is 0 Å². The SMILES string of the molecule is CC1CCCC(CNCc2cccc(Cl)c2Cl)C1. The molecule has 2 atom stereocenters. The summed E-state index contributed by atoms with van der Waals surface area (Å²) in [5.74, 6) is 1.71. The van der Waals surface area contributed by atoms with Gasteiger partial charge in [-0.1, -0.05) is 55.1 Å². The van der Waals surface area contributed by atoms with E-state index in [0.717, 1.165) is 30.5 Å². The van der Waals surface area contributed by atoms with Gasteiger partial charge in [0.1, 0.15) is 0 Å². The molecule has 0 radical (unpaired) electrons. The lowest BCUT2D eigenvalue weighted by Crippen LogP contribution is -2.26. The first-order valence-electron chi connectivity index (χ1n) is 6.80. The quantitative estimate of drug-likeness (QED) is 0.829. The molecule has 18 heavy (non-hydrogen) atoms. The van der Waals surface area contributed by atoms with Crippen LogP contribution in [0.4, 0.5) is 0 Å². The lowest BCUT2D eigenvalue weighted by molar-refractivity contribution is 0.274. The maximum Gasteiger partial charge on any atom is 0.0637 e. The fourth-order valence-electron chi connectivity index (χ4n) is 2.84. The van der Waals surface area contributed by atoms with Crippen LogP contribution in [0.2, 0.25) is 10.0 Å². The second kappa shape index (κ2) is 6.79. The van der Waals surface area contributed by atoms with Crippen molar-refractivity contribution in [3.05, 3.63) is 33.8 Å². The summed E-state index contributed by atoms with van der Waals surface area (Å²) in [7, 11) is 0. The maximum atomic E-state index is 6.17. The number of hydrogen-bond donors (Lipinski definition) is 1. The summed E-state index contributed by atoms with van der Waals surface area (Å²) in [6.07, 6.45) is 5.50. The van der Waals surface area contributed by atoms with Gasteiger partial charge in [0, 0.05) is 6.54 Å². The predicted molar refractivity (Wildman–Crippen MR) is 79.3 cm³/mol. The van der Waals surface area contributed by atoms with Gasteiger partial charge in [-0.2, -0.15) is 0 Å². The van der Waals surface area contributed by atoms with Crippen molar-refractivity contribution < 1.29 is 0 Å². The zero-order valence-electron chi connectivity index (χ0n) is 10.9. The molecule has 1 aliphatic rings. The Balaban J connectivity index is 1.79. The van der Waals surface area contributed by atoms with Gasteiger partial charge in [-0.15, -0.1) is 0 Å². The third-order valence-electron chi connectivity index (χ3n) is 3.83. The van der Waals surface area contributed by atoms with Crippen LogP contribution in [0.1, 0.15) is 38.2 Å². The molecule has 0 heterocycles. The molecule has 1 aromatic carbocycles. The lowest BCUT2D eigenvalue weighted by Gasteiger charge is -2.26. The van der Waals surface area contributed by atoms with Crippen molar-refractivity contribution in [3.8, 4) is 0 Å². The number of rotatable bonds is 4. The van der Waals surface area contributed by atoms with Gasteiger partial charge < -0.3 is 5.32 Å². The van der Waals surface area contributed by atoms with Crippen molar-refractivity contribution >= 4 is 23.2 Å². The number of hydrogen-bond acceptors (Lipinski definition) is 1. The highest BCUT2D eigenvalue weighted by Gasteiger charge is 2.18. The van der Waals surface area contributed by atoms with E-state index in [9.17, 15) is 0 Å². The van der Waals surface area contributed by atoms with Gasteiger partial charge in [0.05, 0.1) is 10.0 Å². The monoisotopic (exact) mass is 285 g/mol. The molecule has 1 nitrogen and oxygen atoms in total. The Hall–Kier alpha value is -0.240. The van der Waals surface area contributed by atoms with E-state index >= 15 is 0 Å². The molecule has 3 heteroatoms. The van der Waals surface area contributed by atoms with Crippen molar-refractivity contribution in [3.63, 3.8) is 0 Å². The number of benzene rings is 1. The average molecular weight is 286 g/mol. The summed E-state index contributed by atoms with van der Waals surface area (Å²) in [4.78, 5) is 0. The Bertz CT molecular complexity index is 392. The molecule has 1 aromatic rings. The molecule has 1 N–H and O–H groups in total. The van der Waals surface area contributed by atoms with Gasteiger partial charge >= 0.3 is 0 Å². The van der Waals surface area contributed by atoms with Gasteiger partial charge in [0.25, 0.3) is 0 Å². The first kappa shape index (κ1) is 14.2. The van der Waals surface area contributed by atoms with Crippen molar-refractivity contribution in [1.29, 1.82) is 0 Å². The van der Waals surface area contributed by atoms with Crippen LogP contribution >= 0.6 is 23.2 Å². The highest BCUT2D eigenvalue weighted by atomic mass is 35.5. The molecular formula is C15H21Cl2N. The van der Waals surface area contributed by atoms with Gasteiger partial charge in [0.2, 0.25) is 0 Å². The average Bonchev–Trinajstić information content (AvgIpc) is 2.35. The summed E-state index contributed by atoms with van der Waals surface area (Å²) < 4.78 is 0. The van der Waals surface area contributed by atoms with Crippen molar-refractivity contribution in [2.45, 2.75) is 39.2 Å². The van der Waals surface area contributed by atoms with Crippen LogP contribution < -0.4 is 5.32 Å². The molecule has 2 unspecified atom stereocenters. The Morgan fingerprint density at radius 1 is 1.28 bits per heavy atom. The fraction of sp³-hybridized carbons (Fsp3) is 0.600. The fourth-order valence-corrected chi connectivity index (χ4v) is 3.23. The summed E-state index contributed by atoms with van der Waals surface area (Å²) in [6, 6.07) is 5.81. The molecular weight excluding hydrogens is 265 g/mol. The minimum absolute atomic E-state index is 0.641. The molecule has 2 rings (SSSR count). The van der Waals surface area contributed by atoms with E-state index in [1.54, 1.807) is 0 Å². The van der Waals surface area contributed by atoms with Crippen LogP contribution in [0.15, 0.2) is 18.2 Å². The molecule has 100 valence electrons. The topological polar surface area (TPSA) is 12.0 Å². The zero-order valence-corrected chi connectivity index (χ0v) is 12.4. The molecule has 1 fully saturated rings. The Labute approximate surface area is 120 Å². The largest absolute Gasteiger partial charge is 0.312 e. The van der Waals surface area contributed by atoms with E-state index in [0.29, 0.717) is 10.0 Å². The molecule has 0 amide bonds. The second-order valence-corrected chi connectivity index (χ2v) is 6.27. The van der Waals surface area contributed by atoms with E-state index in [-0.39, 0.29) is 0 Å². The summed E-state index contributed by atoms with van der Waals surface area (Å²) >= 11 is 12.2. The van der Waals surface area contributed by atoms with Gasteiger partial charge in [-0.05, 0) is 42.9 Å². The number of halogens is 2. The highest BCUT2D eigenvalue weighted by Crippen LogP contribution is 2.28. The molecule has 1 saturated carbocycles. The molecule has 0 aliphatic heterocycles. The van der Waals surface area contributed by atoms with Gasteiger partial charge in [0.15, 0.2) is 0 Å². The first-order chi connectivity index (χ1) is 8.66. The van der Waals surface area contributed by atoms with Crippen LogP contribution in [0.25, 0.3) is 0 Å². The molecule has 0 bridgehead atoms. The van der Waals surface area contributed by atoms with E-state index in [2.05, 4.69) is 12.2 Å². The van der Waals surface area contributed by atoms with Gasteiger partial charge in [-0.3, -0.25) is 0 Å². The third-order valence-corrected chi connectivity index (χ3v) is 4.68. The predicted octanol–water partition coefficient (Wildman–Crippen LogP) is 4.91. The Morgan fingerprint density at radius 2 is 2.11 bits per heavy atom. The van der Waals surface area contributed by atoms with E-state index in [1.807, 2.05) is 18.2 Å². The zero-order chi connectivity index (χ0) is 13.0. The smallest absolute Gasteiger partial charge is 0.0637 e. The standard InChI is InChI=1S/C15H21Cl2N/c1-11-4-2-5-12(8-11)9-18-10-13-6-3-7-14(16)15(13)17/h3,6-7,11-12,18H,2,4-5,8-10H2,1H3. The Morgan fingerprint density at radius 3 is 2.89 bits per heavy atom. The normalized spacial score (nSPS) is 24.2. The highest BCUT2D eigenvalue weighted by molar-refractivity contribution is 6.42. The van der Waals surface area contributed by atoms with Crippen molar-refractivity contribution in [1.82, 2.24) is 5.32 Å². The summed E-state index contributed by atoms with van der Waals surface area (Å²) in [5, 5.41) is 4.84. The molecule has 0 saturated heterocycles. The maximum absolute atomic E-state index is 6.17. The van der Waals surface area contributed by atoms with Crippen molar-refractivity contribution in [2.75, 3.05) is 6.54 Å². The number of nitrogens with one attached hydrogen (secondary N) is 1. The molecule has 0 aromatic heterocycles. The van der Waals surface area contributed by atoms with E-state index in [1.165, 1.54) is 25.7 Å². The minimum atomic E-state index is 0.641.